The maximum Gasteiger partial charge on any atom is 0.253 e. The average molecular weight is 255 g/mol. The zero-order chi connectivity index (χ0) is 13.5. The van der Waals surface area contributed by atoms with Crippen LogP contribution in [0.2, 0.25) is 0 Å². The van der Waals surface area contributed by atoms with E-state index in [4.69, 9.17) is 0 Å². The molecule has 0 fully saturated rings. The van der Waals surface area contributed by atoms with Crippen molar-refractivity contribution in [3.63, 3.8) is 0 Å². The minimum Gasteiger partial charge on any atom is -0.385 e. The first-order valence-corrected chi connectivity index (χ1v) is 6.31. The van der Waals surface area contributed by atoms with Gasteiger partial charge in [-0.05, 0) is 36.8 Å². The molecule has 98 valence electrons. The van der Waals surface area contributed by atoms with Crippen molar-refractivity contribution in [3.05, 3.63) is 59.9 Å². The second-order valence-corrected chi connectivity index (χ2v) is 4.11. The van der Waals surface area contributed by atoms with E-state index in [0.29, 0.717) is 12.1 Å². The Kier molecular flexibility index (Phi) is 4.50. The van der Waals surface area contributed by atoms with Gasteiger partial charge in [0.1, 0.15) is 0 Å². The van der Waals surface area contributed by atoms with Gasteiger partial charge in [-0.15, -0.1) is 0 Å². The molecule has 2 rings (SSSR count). The van der Waals surface area contributed by atoms with Gasteiger partial charge in [0.25, 0.3) is 5.91 Å². The molecule has 0 saturated heterocycles. The quantitative estimate of drug-likeness (QED) is 0.862. The standard InChI is InChI=1S/C15H17N3O/c1-2-17-14-6-4-3-5-13(14)15(19)18-11-12-7-9-16-10-8-12/h3-10,17H,2,11H2,1H3,(H,18,19). The molecule has 1 aromatic heterocycles. The highest BCUT2D eigenvalue weighted by atomic mass is 16.1. The van der Waals surface area contributed by atoms with Crippen LogP contribution in [0, 0.1) is 0 Å². The van der Waals surface area contributed by atoms with Gasteiger partial charge in [0.15, 0.2) is 0 Å². The van der Waals surface area contributed by atoms with E-state index in [2.05, 4.69) is 15.6 Å². The van der Waals surface area contributed by atoms with E-state index in [9.17, 15) is 4.79 Å². The van der Waals surface area contributed by atoms with Crippen LogP contribution in [0.5, 0.6) is 0 Å². The van der Waals surface area contributed by atoms with Crippen molar-refractivity contribution in [3.8, 4) is 0 Å². The number of rotatable bonds is 5. The summed E-state index contributed by atoms with van der Waals surface area (Å²) < 4.78 is 0. The lowest BCUT2D eigenvalue weighted by Crippen LogP contribution is -2.23. The van der Waals surface area contributed by atoms with E-state index in [-0.39, 0.29) is 5.91 Å². The van der Waals surface area contributed by atoms with Gasteiger partial charge in [-0.3, -0.25) is 9.78 Å². The molecule has 0 saturated carbocycles. The minimum atomic E-state index is -0.0756. The molecule has 2 aromatic rings. The summed E-state index contributed by atoms with van der Waals surface area (Å²) in [4.78, 5) is 16.1. The highest BCUT2D eigenvalue weighted by Gasteiger charge is 2.09. The summed E-state index contributed by atoms with van der Waals surface area (Å²) in [6.45, 7) is 3.29. The Morgan fingerprint density at radius 2 is 1.89 bits per heavy atom. The van der Waals surface area contributed by atoms with Gasteiger partial charge in [-0.1, -0.05) is 12.1 Å². The van der Waals surface area contributed by atoms with Crippen LogP contribution in [0.3, 0.4) is 0 Å². The number of hydrogen-bond acceptors (Lipinski definition) is 3. The molecule has 0 bridgehead atoms. The first-order valence-electron chi connectivity index (χ1n) is 6.31. The van der Waals surface area contributed by atoms with Gasteiger partial charge >= 0.3 is 0 Å². The van der Waals surface area contributed by atoms with Gasteiger partial charge in [-0.25, -0.2) is 0 Å². The first-order chi connectivity index (χ1) is 9.31. The van der Waals surface area contributed by atoms with Crippen LogP contribution < -0.4 is 10.6 Å². The van der Waals surface area contributed by atoms with Crippen LogP contribution in [0.25, 0.3) is 0 Å². The Bertz CT molecular complexity index is 540. The van der Waals surface area contributed by atoms with Crippen LogP contribution in [0.1, 0.15) is 22.8 Å². The summed E-state index contributed by atoms with van der Waals surface area (Å²) in [5, 5.41) is 6.09. The number of amides is 1. The van der Waals surface area contributed by atoms with Gasteiger partial charge < -0.3 is 10.6 Å². The summed E-state index contributed by atoms with van der Waals surface area (Å²) in [6.07, 6.45) is 3.43. The van der Waals surface area contributed by atoms with E-state index < -0.39 is 0 Å². The normalized spacial score (nSPS) is 9.95. The van der Waals surface area contributed by atoms with Crippen molar-refractivity contribution in [2.75, 3.05) is 11.9 Å². The molecule has 1 aromatic carbocycles. The monoisotopic (exact) mass is 255 g/mol. The van der Waals surface area contributed by atoms with E-state index in [0.717, 1.165) is 17.8 Å². The lowest BCUT2D eigenvalue weighted by atomic mass is 10.1. The number of benzene rings is 1. The summed E-state index contributed by atoms with van der Waals surface area (Å²) in [7, 11) is 0. The number of aromatic nitrogens is 1. The van der Waals surface area contributed by atoms with Crippen molar-refractivity contribution >= 4 is 11.6 Å². The Labute approximate surface area is 112 Å². The Morgan fingerprint density at radius 3 is 2.63 bits per heavy atom. The number of carbonyl (C=O) groups is 1. The molecule has 0 unspecified atom stereocenters. The molecule has 1 heterocycles. The summed E-state index contributed by atoms with van der Waals surface area (Å²) >= 11 is 0. The van der Waals surface area contributed by atoms with Crippen LogP contribution in [-0.2, 0) is 6.54 Å². The molecule has 0 atom stereocenters. The lowest BCUT2D eigenvalue weighted by Gasteiger charge is -2.10. The predicted octanol–water partition coefficient (Wildman–Crippen LogP) is 2.44. The Morgan fingerprint density at radius 1 is 1.16 bits per heavy atom. The van der Waals surface area contributed by atoms with Crippen LogP contribution in [0.15, 0.2) is 48.8 Å². The van der Waals surface area contributed by atoms with Gasteiger partial charge in [0, 0.05) is 31.2 Å². The summed E-state index contributed by atoms with van der Waals surface area (Å²) in [5.74, 6) is -0.0756. The molecule has 0 radical (unpaired) electrons. The van der Waals surface area contributed by atoms with Crippen molar-refractivity contribution in [2.24, 2.45) is 0 Å². The number of nitrogens with one attached hydrogen (secondary N) is 2. The average Bonchev–Trinajstić information content (AvgIpc) is 2.47. The zero-order valence-electron chi connectivity index (χ0n) is 10.9. The van der Waals surface area contributed by atoms with E-state index >= 15 is 0 Å². The molecule has 19 heavy (non-hydrogen) atoms. The fraction of sp³-hybridized carbons (Fsp3) is 0.200. The lowest BCUT2D eigenvalue weighted by molar-refractivity contribution is 0.0951. The van der Waals surface area contributed by atoms with E-state index in [1.165, 1.54) is 0 Å². The van der Waals surface area contributed by atoms with E-state index in [1.54, 1.807) is 12.4 Å². The van der Waals surface area contributed by atoms with E-state index in [1.807, 2.05) is 43.3 Å². The maximum absolute atomic E-state index is 12.1. The number of pyridine rings is 1. The maximum atomic E-state index is 12.1. The summed E-state index contributed by atoms with van der Waals surface area (Å²) in [6, 6.07) is 11.3. The number of nitrogens with zero attached hydrogens (tertiary/aromatic N) is 1. The van der Waals surface area contributed by atoms with Crippen molar-refractivity contribution in [1.29, 1.82) is 0 Å². The molecule has 2 N–H and O–H groups in total. The Hall–Kier alpha value is -2.36. The van der Waals surface area contributed by atoms with Crippen molar-refractivity contribution in [2.45, 2.75) is 13.5 Å². The molecule has 0 aliphatic heterocycles. The second-order valence-electron chi connectivity index (χ2n) is 4.11. The third-order valence-corrected chi connectivity index (χ3v) is 2.74. The largest absolute Gasteiger partial charge is 0.385 e. The van der Waals surface area contributed by atoms with Crippen LogP contribution >= 0.6 is 0 Å². The molecule has 0 spiro atoms. The second kappa shape index (κ2) is 6.54. The SMILES string of the molecule is CCNc1ccccc1C(=O)NCc1ccncc1. The Balaban J connectivity index is 2.04. The molecule has 1 amide bonds. The van der Waals surface area contributed by atoms with Gasteiger partial charge in [0.2, 0.25) is 0 Å². The number of para-hydroxylation sites is 1. The first kappa shape index (κ1) is 13.1. The molecular weight excluding hydrogens is 238 g/mol. The number of anilines is 1. The summed E-state index contributed by atoms with van der Waals surface area (Å²) in [5.41, 5.74) is 2.56. The topological polar surface area (TPSA) is 54.0 Å². The molecular formula is C15H17N3O. The smallest absolute Gasteiger partial charge is 0.253 e. The fourth-order valence-electron chi connectivity index (χ4n) is 1.80. The molecule has 4 heteroatoms. The fourth-order valence-corrected chi connectivity index (χ4v) is 1.80. The van der Waals surface area contributed by atoms with Crippen molar-refractivity contribution in [1.82, 2.24) is 10.3 Å². The molecule has 0 aliphatic rings. The minimum absolute atomic E-state index is 0.0756. The number of carbonyl (C=O) groups excluding carboxylic acids is 1. The highest BCUT2D eigenvalue weighted by Crippen LogP contribution is 2.14. The highest BCUT2D eigenvalue weighted by molar-refractivity contribution is 5.99. The van der Waals surface area contributed by atoms with Crippen molar-refractivity contribution < 1.29 is 4.79 Å². The number of hydrogen-bond donors (Lipinski definition) is 2. The van der Waals surface area contributed by atoms with Gasteiger partial charge in [-0.2, -0.15) is 0 Å². The van der Waals surface area contributed by atoms with Crippen LogP contribution in [0.4, 0.5) is 5.69 Å². The zero-order valence-corrected chi connectivity index (χ0v) is 10.9. The molecule has 4 nitrogen and oxygen atoms in total. The molecule has 0 aliphatic carbocycles. The third-order valence-electron chi connectivity index (χ3n) is 2.74. The van der Waals surface area contributed by atoms with Crippen LogP contribution in [-0.4, -0.2) is 17.4 Å². The van der Waals surface area contributed by atoms with Gasteiger partial charge in [0.05, 0.1) is 5.56 Å². The third kappa shape index (κ3) is 3.55. The predicted molar refractivity (Wildman–Crippen MR) is 76.0 cm³/mol.